The number of anilines is 1. The Labute approximate surface area is 183 Å². The molecule has 0 unspecified atom stereocenters. The summed E-state index contributed by atoms with van der Waals surface area (Å²) in [6.07, 6.45) is 4.93. The predicted octanol–water partition coefficient (Wildman–Crippen LogP) is 3.79. The van der Waals surface area contributed by atoms with Crippen molar-refractivity contribution >= 4 is 17.7 Å². The fraction of sp³-hybridized carbons (Fsp3) is 0.480. The minimum atomic E-state index is -0.942. The molecule has 2 aliphatic rings. The van der Waals surface area contributed by atoms with Crippen LogP contribution in [0.5, 0.6) is 0 Å². The molecule has 0 saturated carbocycles. The Morgan fingerprint density at radius 3 is 2.97 bits per heavy atom. The molecule has 6 heteroatoms. The molecule has 0 radical (unpaired) electrons. The summed E-state index contributed by atoms with van der Waals surface area (Å²) < 4.78 is 0. The van der Waals surface area contributed by atoms with Gasteiger partial charge in [-0.2, -0.15) is 0 Å². The number of hydrogen-bond donors (Lipinski definition) is 2. The number of rotatable bonds is 7. The van der Waals surface area contributed by atoms with E-state index in [0.29, 0.717) is 19.0 Å². The first-order chi connectivity index (χ1) is 15.0. The maximum Gasteiger partial charge on any atom is 0.304 e. The lowest BCUT2D eigenvalue weighted by atomic mass is 9.93. The monoisotopic (exact) mass is 421 g/mol. The molecule has 1 aromatic heterocycles. The van der Waals surface area contributed by atoms with Crippen molar-refractivity contribution in [2.24, 2.45) is 5.92 Å². The first-order valence-corrected chi connectivity index (χ1v) is 11.3. The van der Waals surface area contributed by atoms with E-state index in [9.17, 15) is 14.7 Å². The third-order valence-corrected chi connectivity index (χ3v) is 6.48. The Kier molecular flexibility index (Phi) is 6.54. The van der Waals surface area contributed by atoms with E-state index < -0.39 is 11.9 Å². The summed E-state index contributed by atoms with van der Waals surface area (Å²) in [5.41, 5.74) is 4.23. The van der Waals surface area contributed by atoms with Crippen molar-refractivity contribution in [3.63, 3.8) is 0 Å². The summed E-state index contributed by atoms with van der Waals surface area (Å²) in [5.74, 6) is -0.168. The number of nitrogens with zero attached hydrogens (tertiary/aromatic N) is 2. The van der Waals surface area contributed by atoms with Crippen molar-refractivity contribution in [3.8, 4) is 0 Å². The summed E-state index contributed by atoms with van der Waals surface area (Å²) in [4.78, 5) is 31.3. The van der Waals surface area contributed by atoms with Gasteiger partial charge in [0.05, 0.1) is 12.3 Å². The van der Waals surface area contributed by atoms with E-state index in [1.165, 1.54) is 5.56 Å². The molecule has 2 N–H and O–H groups in total. The number of carbonyl (C=O) groups is 2. The minimum Gasteiger partial charge on any atom is -0.481 e. The highest BCUT2D eigenvalue weighted by Crippen LogP contribution is 2.29. The van der Waals surface area contributed by atoms with E-state index in [4.69, 9.17) is 4.98 Å². The first-order valence-electron chi connectivity index (χ1n) is 11.3. The van der Waals surface area contributed by atoms with Gasteiger partial charge in [-0.3, -0.25) is 9.59 Å². The Balaban J connectivity index is 1.36. The molecule has 0 aliphatic carbocycles. The number of aliphatic carboxylic acids is 1. The highest BCUT2D eigenvalue weighted by atomic mass is 16.4. The van der Waals surface area contributed by atoms with Crippen LogP contribution in [0.15, 0.2) is 36.4 Å². The van der Waals surface area contributed by atoms with Crippen LogP contribution in [-0.4, -0.2) is 46.5 Å². The topological polar surface area (TPSA) is 82.5 Å². The lowest BCUT2D eigenvalue weighted by Gasteiger charge is -2.23. The van der Waals surface area contributed by atoms with Crippen LogP contribution < -0.4 is 5.32 Å². The fourth-order valence-electron chi connectivity index (χ4n) is 4.76. The third-order valence-electron chi connectivity index (χ3n) is 6.48. The molecule has 6 nitrogen and oxygen atoms in total. The van der Waals surface area contributed by atoms with Crippen molar-refractivity contribution < 1.29 is 14.7 Å². The normalized spacial score (nSPS) is 18.9. The van der Waals surface area contributed by atoms with Crippen molar-refractivity contribution in [1.82, 2.24) is 9.88 Å². The number of nitrogens with one attached hydrogen (secondary N) is 1. The quantitative estimate of drug-likeness (QED) is 0.711. The van der Waals surface area contributed by atoms with Gasteiger partial charge in [-0.15, -0.1) is 0 Å². The van der Waals surface area contributed by atoms with Crippen molar-refractivity contribution in [3.05, 3.63) is 58.8 Å². The molecule has 1 saturated heterocycles. The maximum atomic E-state index is 13.2. The molecule has 1 fully saturated rings. The van der Waals surface area contributed by atoms with Crippen LogP contribution in [0.4, 0.5) is 5.82 Å². The summed E-state index contributed by atoms with van der Waals surface area (Å²) in [6, 6.07) is 12.0. The molecular formula is C25H31N3O3. The zero-order valence-electron chi connectivity index (χ0n) is 18.1. The molecule has 1 aromatic carbocycles. The number of benzene rings is 1. The molecule has 4 rings (SSSR count). The number of aryl methyl sites for hydroxylation is 3. The van der Waals surface area contributed by atoms with Crippen molar-refractivity contribution in [2.75, 3.05) is 25.0 Å². The van der Waals surface area contributed by atoms with Gasteiger partial charge in [-0.25, -0.2) is 4.98 Å². The van der Waals surface area contributed by atoms with E-state index in [-0.39, 0.29) is 12.3 Å². The zero-order chi connectivity index (χ0) is 21.8. The molecule has 0 bridgehead atoms. The second kappa shape index (κ2) is 9.50. The maximum absolute atomic E-state index is 13.2. The number of carboxylic acids is 1. The largest absolute Gasteiger partial charge is 0.481 e. The number of fused-ring (bicyclic) bond motifs is 1. The molecule has 1 amide bonds. The van der Waals surface area contributed by atoms with E-state index in [0.717, 1.165) is 61.3 Å². The highest BCUT2D eigenvalue weighted by Gasteiger charge is 2.33. The van der Waals surface area contributed by atoms with Gasteiger partial charge in [0.2, 0.25) is 5.91 Å². The molecule has 2 aliphatic heterocycles. The van der Waals surface area contributed by atoms with Gasteiger partial charge in [-0.1, -0.05) is 35.9 Å². The second-order valence-corrected chi connectivity index (χ2v) is 8.88. The third kappa shape index (κ3) is 5.24. The average Bonchev–Trinajstić information content (AvgIpc) is 3.24. The number of pyridine rings is 1. The van der Waals surface area contributed by atoms with Crippen LogP contribution in [0.1, 0.15) is 54.0 Å². The zero-order valence-corrected chi connectivity index (χ0v) is 18.1. The number of amides is 1. The molecule has 2 atom stereocenters. The predicted molar refractivity (Wildman–Crippen MR) is 120 cm³/mol. The second-order valence-electron chi connectivity index (χ2n) is 8.88. The van der Waals surface area contributed by atoms with Gasteiger partial charge < -0.3 is 15.3 Å². The number of carbonyl (C=O) groups excluding carboxylic acids is 1. The summed E-state index contributed by atoms with van der Waals surface area (Å²) in [7, 11) is 0. The molecule has 164 valence electrons. The van der Waals surface area contributed by atoms with Gasteiger partial charge in [0.1, 0.15) is 5.82 Å². The Bertz CT molecular complexity index is 959. The lowest BCUT2D eigenvalue weighted by molar-refractivity contribution is -0.141. The number of hydrogen-bond acceptors (Lipinski definition) is 4. The summed E-state index contributed by atoms with van der Waals surface area (Å²) in [5, 5.41) is 12.8. The van der Waals surface area contributed by atoms with Crippen LogP contribution in [0.3, 0.4) is 0 Å². The summed E-state index contributed by atoms with van der Waals surface area (Å²) in [6.45, 7) is 4.35. The van der Waals surface area contributed by atoms with Crippen molar-refractivity contribution in [1.29, 1.82) is 0 Å². The van der Waals surface area contributed by atoms with Crippen molar-refractivity contribution in [2.45, 2.75) is 51.4 Å². The Morgan fingerprint density at radius 2 is 2.16 bits per heavy atom. The van der Waals surface area contributed by atoms with E-state index in [2.05, 4.69) is 17.4 Å². The fourth-order valence-corrected chi connectivity index (χ4v) is 4.76. The number of carboxylic acid groups (broad SMARTS) is 1. The lowest BCUT2D eigenvalue weighted by Crippen LogP contribution is -2.34. The van der Waals surface area contributed by atoms with Crippen LogP contribution in [0.25, 0.3) is 0 Å². The molecule has 2 aromatic rings. The minimum absolute atomic E-state index is 0.0633. The van der Waals surface area contributed by atoms with Gasteiger partial charge in [-0.05, 0) is 62.1 Å². The number of likely N-dealkylation sites (tertiary alicyclic amines) is 1. The molecule has 3 heterocycles. The average molecular weight is 422 g/mol. The molecule has 0 spiro atoms. The standard InChI is InChI=1S/C25H31N3O3/c1-17-4-2-5-20(14-17)22(15-23(29)30)25(31)28-13-11-18(16-28)7-9-21-10-8-19-6-3-12-26-24(19)27-21/h2,4-5,8,10,14,18,22H,3,6-7,9,11-13,15-16H2,1H3,(H,26,27)(H,29,30)/t18-,22+/m1/s1. The van der Waals surface area contributed by atoms with E-state index >= 15 is 0 Å². The summed E-state index contributed by atoms with van der Waals surface area (Å²) >= 11 is 0. The smallest absolute Gasteiger partial charge is 0.304 e. The molecule has 31 heavy (non-hydrogen) atoms. The Morgan fingerprint density at radius 1 is 1.29 bits per heavy atom. The van der Waals surface area contributed by atoms with Gasteiger partial charge >= 0.3 is 5.97 Å². The SMILES string of the molecule is Cc1cccc([C@H](CC(=O)O)C(=O)N2CC[C@@H](CCc3ccc4c(n3)NCCC4)C2)c1. The van der Waals surface area contributed by atoms with E-state index in [1.54, 1.807) is 0 Å². The van der Waals surface area contributed by atoms with Gasteiger partial charge in [0.25, 0.3) is 0 Å². The first kappa shape index (κ1) is 21.3. The molecular weight excluding hydrogens is 390 g/mol. The highest BCUT2D eigenvalue weighted by molar-refractivity contribution is 5.88. The van der Waals surface area contributed by atoms with Crippen LogP contribution in [0, 0.1) is 12.8 Å². The number of aromatic nitrogens is 1. The van der Waals surface area contributed by atoms with Crippen LogP contribution in [0.2, 0.25) is 0 Å². The van der Waals surface area contributed by atoms with Gasteiger partial charge in [0.15, 0.2) is 0 Å². The Hall–Kier alpha value is -2.89. The van der Waals surface area contributed by atoms with Crippen LogP contribution >= 0.6 is 0 Å². The van der Waals surface area contributed by atoms with Gasteiger partial charge in [0, 0.05) is 25.3 Å². The van der Waals surface area contributed by atoms with Crippen LogP contribution in [-0.2, 0) is 22.4 Å². The van der Waals surface area contributed by atoms with E-state index in [1.807, 2.05) is 36.1 Å².